The molecular weight excluding hydrogens is 374 g/mol. The van der Waals surface area contributed by atoms with Gasteiger partial charge in [-0.2, -0.15) is 0 Å². The monoisotopic (exact) mass is 409 g/mol. The molecule has 28 heavy (non-hydrogen) atoms. The SMILES string of the molecule is CCS(=O)(=O)N(C)CCCNC(=NC)NC(C)c1cccc(N2CCCC2)c1. The van der Waals surface area contributed by atoms with Crippen LogP contribution in [0.25, 0.3) is 0 Å². The number of rotatable bonds is 9. The highest BCUT2D eigenvalue weighted by Gasteiger charge is 2.15. The van der Waals surface area contributed by atoms with E-state index in [0.717, 1.165) is 25.5 Å². The normalized spacial score (nSPS) is 16.5. The molecule has 1 fully saturated rings. The van der Waals surface area contributed by atoms with Gasteiger partial charge in [-0.1, -0.05) is 12.1 Å². The molecule has 0 amide bonds. The Bertz CT molecular complexity index is 745. The molecule has 0 radical (unpaired) electrons. The van der Waals surface area contributed by atoms with Crippen molar-refractivity contribution in [3.8, 4) is 0 Å². The average Bonchev–Trinajstić information content (AvgIpc) is 3.24. The molecule has 0 spiro atoms. The Labute approximate surface area is 170 Å². The standard InChI is InChI=1S/C20H35N5O2S/c1-5-28(26,27)24(4)13-9-12-22-20(21-3)23-17(2)18-10-8-11-19(16-18)25-14-6-7-15-25/h8,10-11,16-17H,5-7,9,12-15H2,1-4H3,(H2,21,22,23). The molecule has 1 saturated heterocycles. The first-order valence-electron chi connectivity index (χ1n) is 10.1. The van der Waals surface area contributed by atoms with Gasteiger partial charge in [-0.05, 0) is 50.8 Å². The Kier molecular flexibility index (Phi) is 8.57. The number of anilines is 1. The quantitative estimate of drug-likeness (QED) is 0.371. The Morgan fingerprint density at radius 2 is 2.04 bits per heavy atom. The number of nitrogens with one attached hydrogen (secondary N) is 2. The molecule has 1 heterocycles. The number of guanidine groups is 1. The second-order valence-electron chi connectivity index (χ2n) is 7.23. The van der Waals surface area contributed by atoms with E-state index in [4.69, 9.17) is 0 Å². The van der Waals surface area contributed by atoms with Crippen LogP contribution in [0, 0.1) is 0 Å². The summed E-state index contributed by atoms with van der Waals surface area (Å²) in [6.45, 7) is 7.21. The van der Waals surface area contributed by atoms with Gasteiger partial charge in [-0.15, -0.1) is 0 Å². The lowest BCUT2D eigenvalue weighted by atomic mass is 10.1. The van der Waals surface area contributed by atoms with E-state index in [1.54, 1.807) is 21.0 Å². The maximum absolute atomic E-state index is 11.8. The third-order valence-corrected chi connectivity index (χ3v) is 7.06. The molecule has 1 aliphatic rings. The van der Waals surface area contributed by atoms with Crippen LogP contribution in [-0.2, 0) is 10.0 Å². The first kappa shape index (κ1) is 22.5. The van der Waals surface area contributed by atoms with Crippen LogP contribution in [0.1, 0.15) is 44.7 Å². The van der Waals surface area contributed by atoms with Crippen molar-refractivity contribution >= 4 is 21.7 Å². The Morgan fingerprint density at radius 3 is 2.68 bits per heavy atom. The van der Waals surface area contributed by atoms with Crippen LogP contribution in [0.4, 0.5) is 5.69 Å². The van der Waals surface area contributed by atoms with E-state index >= 15 is 0 Å². The average molecular weight is 410 g/mol. The molecule has 1 atom stereocenters. The third-order valence-electron chi connectivity index (χ3n) is 5.20. The summed E-state index contributed by atoms with van der Waals surface area (Å²) < 4.78 is 25.0. The molecule has 0 aromatic heterocycles. The molecule has 2 rings (SSSR count). The van der Waals surface area contributed by atoms with Gasteiger partial charge in [0.15, 0.2) is 5.96 Å². The summed E-state index contributed by atoms with van der Waals surface area (Å²) in [6.07, 6.45) is 3.25. The first-order chi connectivity index (χ1) is 13.4. The third kappa shape index (κ3) is 6.38. The zero-order valence-corrected chi connectivity index (χ0v) is 18.4. The van der Waals surface area contributed by atoms with Gasteiger partial charge in [0.1, 0.15) is 0 Å². The molecule has 0 bridgehead atoms. The predicted molar refractivity (Wildman–Crippen MR) is 118 cm³/mol. The Balaban J connectivity index is 1.83. The molecule has 158 valence electrons. The summed E-state index contributed by atoms with van der Waals surface area (Å²) in [5.74, 6) is 0.855. The fourth-order valence-corrected chi connectivity index (χ4v) is 4.17. The highest BCUT2D eigenvalue weighted by molar-refractivity contribution is 7.89. The minimum atomic E-state index is -3.12. The van der Waals surface area contributed by atoms with Crippen LogP contribution in [0.5, 0.6) is 0 Å². The van der Waals surface area contributed by atoms with Crippen LogP contribution in [0.2, 0.25) is 0 Å². The van der Waals surface area contributed by atoms with E-state index in [9.17, 15) is 8.42 Å². The van der Waals surface area contributed by atoms with Crippen molar-refractivity contribution in [2.75, 3.05) is 50.9 Å². The summed E-state index contributed by atoms with van der Waals surface area (Å²) in [5, 5.41) is 6.69. The van der Waals surface area contributed by atoms with E-state index in [0.29, 0.717) is 13.1 Å². The molecule has 7 nitrogen and oxygen atoms in total. The van der Waals surface area contributed by atoms with Crippen LogP contribution < -0.4 is 15.5 Å². The highest BCUT2D eigenvalue weighted by Crippen LogP contribution is 2.23. The fraction of sp³-hybridized carbons (Fsp3) is 0.650. The summed E-state index contributed by atoms with van der Waals surface area (Å²) in [4.78, 5) is 6.72. The smallest absolute Gasteiger partial charge is 0.213 e. The summed E-state index contributed by atoms with van der Waals surface area (Å²) in [6, 6.07) is 8.80. The number of nitrogens with zero attached hydrogens (tertiary/aromatic N) is 3. The maximum Gasteiger partial charge on any atom is 0.213 e. The Morgan fingerprint density at radius 1 is 1.32 bits per heavy atom. The van der Waals surface area contributed by atoms with Gasteiger partial charge < -0.3 is 15.5 Å². The van der Waals surface area contributed by atoms with Gasteiger partial charge in [0, 0.05) is 46.0 Å². The van der Waals surface area contributed by atoms with Crippen molar-refractivity contribution in [3.63, 3.8) is 0 Å². The van der Waals surface area contributed by atoms with Crippen molar-refractivity contribution in [1.82, 2.24) is 14.9 Å². The van der Waals surface area contributed by atoms with Gasteiger partial charge >= 0.3 is 0 Å². The van der Waals surface area contributed by atoms with Crippen LogP contribution in [0.15, 0.2) is 29.3 Å². The molecule has 0 aliphatic carbocycles. The van der Waals surface area contributed by atoms with E-state index in [2.05, 4.69) is 51.7 Å². The van der Waals surface area contributed by atoms with Gasteiger partial charge in [0.05, 0.1) is 11.8 Å². The predicted octanol–water partition coefficient (Wildman–Crippen LogP) is 2.18. The molecular formula is C20H35N5O2S. The molecule has 1 aromatic rings. The van der Waals surface area contributed by atoms with Crippen molar-refractivity contribution in [1.29, 1.82) is 0 Å². The van der Waals surface area contributed by atoms with Gasteiger partial charge in [0.2, 0.25) is 10.0 Å². The lowest BCUT2D eigenvalue weighted by Crippen LogP contribution is -2.40. The topological polar surface area (TPSA) is 77.0 Å². The van der Waals surface area contributed by atoms with Crippen LogP contribution in [-0.4, -0.2) is 64.7 Å². The van der Waals surface area contributed by atoms with E-state index < -0.39 is 10.0 Å². The maximum atomic E-state index is 11.8. The zero-order chi connectivity index (χ0) is 20.6. The minimum absolute atomic E-state index is 0.122. The van der Waals surface area contributed by atoms with Gasteiger partial charge in [-0.25, -0.2) is 12.7 Å². The number of sulfonamides is 1. The number of hydrogen-bond acceptors (Lipinski definition) is 4. The largest absolute Gasteiger partial charge is 0.372 e. The van der Waals surface area contributed by atoms with Crippen molar-refractivity contribution in [2.24, 2.45) is 4.99 Å². The fourth-order valence-electron chi connectivity index (χ4n) is 3.32. The second-order valence-corrected chi connectivity index (χ2v) is 9.59. The van der Waals surface area contributed by atoms with Gasteiger partial charge in [0.25, 0.3) is 0 Å². The lowest BCUT2D eigenvalue weighted by Gasteiger charge is -2.22. The number of benzene rings is 1. The van der Waals surface area contributed by atoms with Gasteiger partial charge in [-0.3, -0.25) is 4.99 Å². The Hall–Kier alpha value is -1.80. The summed E-state index contributed by atoms with van der Waals surface area (Å²) in [5.41, 5.74) is 2.51. The molecule has 0 saturated carbocycles. The van der Waals surface area contributed by atoms with Crippen molar-refractivity contribution < 1.29 is 8.42 Å². The lowest BCUT2D eigenvalue weighted by molar-refractivity contribution is 0.461. The van der Waals surface area contributed by atoms with Crippen molar-refractivity contribution in [3.05, 3.63) is 29.8 Å². The summed E-state index contributed by atoms with van der Waals surface area (Å²) in [7, 11) is 0.258. The number of aliphatic imine (C=N–C) groups is 1. The minimum Gasteiger partial charge on any atom is -0.372 e. The van der Waals surface area contributed by atoms with E-state index in [1.807, 2.05) is 0 Å². The van der Waals surface area contributed by atoms with E-state index in [-0.39, 0.29) is 11.8 Å². The first-order valence-corrected chi connectivity index (χ1v) is 11.7. The molecule has 1 aliphatic heterocycles. The molecule has 1 aromatic carbocycles. The zero-order valence-electron chi connectivity index (χ0n) is 17.6. The molecule has 2 N–H and O–H groups in total. The second kappa shape index (κ2) is 10.7. The number of hydrogen-bond donors (Lipinski definition) is 2. The van der Waals surface area contributed by atoms with E-state index in [1.165, 1.54) is 28.4 Å². The van der Waals surface area contributed by atoms with Crippen LogP contribution in [0.3, 0.4) is 0 Å². The molecule has 8 heteroatoms. The highest BCUT2D eigenvalue weighted by atomic mass is 32.2. The van der Waals surface area contributed by atoms with Crippen molar-refractivity contribution in [2.45, 2.75) is 39.2 Å². The summed E-state index contributed by atoms with van der Waals surface area (Å²) >= 11 is 0. The molecule has 1 unspecified atom stereocenters. The van der Waals surface area contributed by atoms with Crippen LogP contribution >= 0.6 is 0 Å².